The van der Waals surface area contributed by atoms with Crippen molar-refractivity contribution >= 4 is 44.4 Å². The van der Waals surface area contributed by atoms with Crippen molar-refractivity contribution in [1.29, 1.82) is 0 Å². The number of amidine groups is 1. The number of benzene rings is 1. The number of oxazole rings is 1. The number of fused-ring (bicyclic) bond motifs is 1. The summed E-state index contributed by atoms with van der Waals surface area (Å²) in [5.41, 5.74) is 2.10. The summed E-state index contributed by atoms with van der Waals surface area (Å²) in [5.74, 6) is 0.521. The Balaban J connectivity index is 1.50. The highest BCUT2D eigenvalue weighted by Gasteiger charge is 2.44. The molecule has 1 saturated heterocycles. The molecule has 1 N–H and O–H groups in total. The van der Waals surface area contributed by atoms with Crippen LogP contribution in [0.3, 0.4) is 0 Å². The van der Waals surface area contributed by atoms with E-state index in [9.17, 15) is 12.8 Å². The Morgan fingerprint density at radius 1 is 1.24 bits per heavy atom. The van der Waals surface area contributed by atoms with Crippen molar-refractivity contribution in [3.8, 4) is 0 Å². The van der Waals surface area contributed by atoms with Crippen molar-refractivity contribution in [2.24, 2.45) is 4.99 Å². The molecule has 12 heteroatoms. The maximum absolute atomic E-state index is 13.8. The quantitative estimate of drug-likeness (QED) is 0.528. The third kappa shape index (κ3) is 3.86. The fraction of sp³-hybridized carbons (Fsp3) is 0.318. The molecule has 176 valence electrons. The molecule has 0 radical (unpaired) electrons. The predicted molar refractivity (Wildman–Crippen MR) is 126 cm³/mol. The summed E-state index contributed by atoms with van der Waals surface area (Å²) in [4.78, 5) is 15.8. The Labute approximate surface area is 204 Å². The van der Waals surface area contributed by atoms with Gasteiger partial charge in [0, 0.05) is 46.9 Å². The van der Waals surface area contributed by atoms with E-state index in [1.165, 1.54) is 29.7 Å². The molecular formula is C22H19ClFN5O3S2. The van der Waals surface area contributed by atoms with E-state index < -0.39 is 21.9 Å². The molecule has 2 atom stereocenters. The average Bonchev–Trinajstić information content (AvgIpc) is 3.17. The van der Waals surface area contributed by atoms with Crippen molar-refractivity contribution in [3.63, 3.8) is 0 Å². The standard InChI is InChI=1S/C22H19ClFN5O3S2/c23-16-9-12(24)1-4-15(16)19-18(21-25-5-7-32-21)17-10-13(28-34(30,31)14-2-3-14)11-29(17)20(27-19)22-26-6-8-33-22/h1,4-9,13-14,19,28H,2-3,10-11H2/t13-,19-/m0/s1. The largest absolute Gasteiger partial charge is 0.445 e. The fourth-order valence-corrected chi connectivity index (χ4v) is 6.94. The van der Waals surface area contributed by atoms with Crippen LogP contribution in [0.4, 0.5) is 4.39 Å². The van der Waals surface area contributed by atoms with Gasteiger partial charge in [-0.3, -0.25) is 4.99 Å². The van der Waals surface area contributed by atoms with Gasteiger partial charge in [0.25, 0.3) is 0 Å². The molecule has 8 nitrogen and oxygen atoms in total. The van der Waals surface area contributed by atoms with Crippen molar-refractivity contribution in [3.05, 3.63) is 75.2 Å². The lowest BCUT2D eigenvalue weighted by Crippen LogP contribution is -2.40. The van der Waals surface area contributed by atoms with Gasteiger partial charge < -0.3 is 9.32 Å². The van der Waals surface area contributed by atoms with E-state index in [4.69, 9.17) is 21.0 Å². The maximum atomic E-state index is 13.8. The number of aliphatic imine (C=N–C) groups is 1. The summed E-state index contributed by atoms with van der Waals surface area (Å²) in [6, 6.07) is 3.22. The van der Waals surface area contributed by atoms with E-state index >= 15 is 0 Å². The maximum Gasteiger partial charge on any atom is 0.226 e. The lowest BCUT2D eigenvalue weighted by Gasteiger charge is -2.31. The van der Waals surface area contributed by atoms with Gasteiger partial charge in [0.05, 0.1) is 17.0 Å². The van der Waals surface area contributed by atoms with Crippen molar-refractivity contribution in [2.75, 3.05) is 6.54 Å². The number of halogens is 2. The summed E-state index contributed by atoms with van der Waals surface area (Å²) < 4.78 is 47.7. The summed E-state index contributed by atoms with van der Waals surface area (Å²) in [7, 11) is -3.39. The summed E-state index contributed by atoms with van der Waals surface area (Å²) in [6.45, 7) is 0.397. The SMILES string of the molecule is O=S(=O)(N[C@H]1CC2=C(c3ncco3)[C@H](c3ccc(F)cc3Cl)N=C(c3nccs3)N2C1)C1CC1. The topological polar surface area (TPSA) is 101 Å². The summed E-state index contributed by atoms with van der Waals surface area (Å²) in [6.07, 6.45) is 6.50. The van der Waals surface area contributed by atoms with E-state index in [2.05, 4.69) is 14.7 Å². The van der Waals surface area contributed by atoms with E-state index in [-0.39, 0.29) is 16.3 Å². The molecule has 34 heavy (non-hydrogen) atoms. The molecule has 0 bridgehead atoms. The first-order valence-corrected chi connectivity index (χ1v) is 13.6. The molecule has 2 aliphatic heterocycles. The zero-order valence-electron chi connectivity index (χ0n) is 17.7. The highest BCUT2D eigenvalue weighted by Crippen LogP contribution is 2.46. The Morgan fingerprint density at radius 2 is 2.09 bits per heavy atom. The molecule has 3 aromatic rings. The number of nitrogens with zero attached hydrogens (tertiary/aromatic N) is 4. The molecule has 1 saturated carbocycles. The Kier molecular flexibility index (Phi) is 5.32. The van der Waals surface area contributed by atoms with Gasteiger partial charge in [-0.25, -0.2) is 27.5 Å². The van der Waals surface area contributed by atoms with Crippen LogP contribution in [0.1, 0.15) is 41.8 Å². The van der Waals surface area contributed by atoms with Crippen molar-refractivity contribution < 1.29 is 17.2 Å². The van der Waals surface area contributed by atoms with Crippen LogP contribution in [0.5, 0.6) is 0 Å². The third-order valence-electron chi connectivity index (χ3n) is 6.10. The van der Waals surface area contributed by atoms with Gasteiger partial charge in [0.2, 0.25) is 15.9 Å². The minimum absolute atomic E-state index is 0.231. The number of sulfonamides is 1. The van der Waals surface area contributed by atoms with Crippen molar-refractivity contribution in [2.45, 2.75) is 36.6 Å². The lowest BCUT2D eigenvalue weighted by atomic mass is 9.94. The number of nitrogens with one attached hydrogen (secondary N) is 1. The lowest BCUT2D eigenvalue weighted by molar-refractivity contribution is 0.505. The van der Waals surface area contributed by atoms with Crippen LogP contribution in [-0.4, -0.2) is 47.0 Å². The van der Waals surface area contributed by atoms with Gasteiger partial charge in [-0.2, -0.15) is 0 Å². The second-order valence-corrected chi connectivity index (χ2v) is 11.7. The van der Waals surface area contributed by atoms with Gasteiger partial charge in [-0.05, 0) is 25.0 Å². The number of aromatic nitrogens is 2. The van der Waals surface area contributed by atoms with Crippen LogP contribution in [-0.2, 0) is 10.0 Å². The molecule has 3 aliphatic rings. The van der Waals surface area contributed by atoms with Gasteiger partial charge in [-0.15, -0.1) is 11.3 Å². The Bertz CT molecular complexity index is 1400. The van der Waals surface area contributed by atoms with Crippen LogP contribution in [0.15, 0.2) is 57.3 Å². The molecule has 0 unspecified atom stereocenters. The molecule has 6 rings (SSSR count). The van der Waals surface area contributed by atoms with E-state index in [1.807, 2.05) is 10.3 Å². The normalized spacial score (nSPS) is 22.8. The highest BCUT2D eigenvalue weighted by atomic mass is 35.5. The van der Waals surface area contributed by atoms with Gasteiger partial charge in [0.1, 0.15) is 18.1 Å². The molecule has 2 aromatic heterocycles. The average molecular weight is 520 g/mol. The molecule has 1 aliphatic carbocycles. The third-order valence-corrected chi connectivity index (χ3v) is 9.20. The molecular weight excluding hydrogens is 501 g/mol. The zero-order valence-corrected chi connectivity index (χ0v) is 20.1. The monoisotopic (exact) mass is 519 g/mol. The molecule has 0 spiro atoms. The van der Waals surface area contributed by atoms with Crippen LogP contribution in [0, 0.1) is 5.82 Å². The number of thiazole rings is 1. The Hall–Kier alpha value is -2.60. The van der Waals surface area contributed by atoms with E-state index in [0.717, 1.165) is 5.70 Å². The van der Waals surface area contributed by atoms with Gasteiger partial charge in [-0.1, -0.05) is 17.7 Å². The van der Waals surface area contributed by atoms with Crippen molar-refractivity contribution in [1.82, 2.24) is 19.6 Å². The predicted octanol–water partition coefficient (Wildman–Crippen LogP) is 3.99. The smallest absolute Gasteiger partial charge is 0.226 e. The van der Waals surface area contributed by atoms with Crippen LogP contribution >= 0.6 is 22.9 Å². The van der Waals surface area contributed by atoms with Crippen LogP contribution in [0.2, 0.25) is 5.02 Å². The summed E-state index contributed by atoms with van der Waals surface area (Å²) >= 11 is 7.89. The minimum atomic E-state index is -3.39. The second kappa shape index (κ2) is 8.26. The number of hydrogen-bond donors (Lipinski definition) is 1. The highest BCUT2D eigenvalue weighted by molar-refractivity contribution is 7.90. The number of rotatable bonds is 6. The van der Waals surface area contributed by atoms with Crippen LogP contribution in [0.25, 0.3) is 5.57 Å². The van der Waals surface area contributed by atoms with Gasteiger partial charge >= 0.3 is 0 Å². The van der Waals surface area contributed by atoms with Crippen LogP contribution < -0.4 is 4.72 Å². The molecule has 4 heterocycles. The first-order valence-electron chi connectivity index (χ1n) is 10.7. The minimum Gasteiger partial charge on any atom is -0.445 e. The first kappa shape index (κ1) is 21.9. The number of hydrogen-bond acceptors (Lipinski definition) is 8. The van der Waals surface area contributed by atoms with E-state index in [0.29, 0.717) is 53.7 Å². The molecule has 0 amide bonds. The first-order chi connectivity index (χ1) is 16.4. The van der Waals surface area contributed by atoms with Gasteiger partial charge in [0.15, 0.2) is 10.8 Å². The molecule has 2 fully saturated rings. The molecule has 1 aromatic carbocycles. The fourth-order valence-electron chi connectivity index (χ4n) is 4.46. The summed E-state index contributed by atoms with van der Waals surface area (Å²) in [5, 5.41) is 2.46. The van der Waals surface area contributed by atoms with E-state index in [1.54, 1.807) is 18.5 Å². The second-order valence-electron chi connectivity index (χ2n) is 8.43. The Morgan fingerprint density at radius 3 is 2.76 bits per heavy atom. The zero-order chi connectivity index (χ0) is 23.4.